The number of nitrogen functional groups attached to an aromatic ring is 2. The van der Waals surface area contributed by atoms with Gasteiger partial charge in [-0.3, -0.25) is 0 Å². The van der Waals surface area contributed by atoms with E-state index in [0.29, 0.717) is 11.3 Å². The van der Waals surface area contributed by atoms with Crippen molar-refractivity contribution in [2.45, 2.75) is 6.92 Å². The van der Waals surface area contributed by atoms with Crippen LogP contribution in [0.2, 0.25) is 0 Å². The van der Waals surface area contributed by atoms with Gasteiger partial charge >= 0.3 is 0 Å². The number of hydrogen-bond donors (Lipinski definition) is 2. The Kier molecular flexibility index (Phi) is 2.98. The lowest BCUT2D eigenvalue weighted by atomic mass is 10.1. The molecule has 0 aliphatic carbocycles. The van der Waals surface area contributed by atoms with Crippen molar-refractivity contribution >= 4 is 11.8 Å². The van der Waals surface area contributed by atoms with E-state index in [1.165, 1.54) is 6.07 Å². The van der Waals surface area contributed by atoms with Crippen molar-refractivity contribution in [2.24, 2.45) is 0 Å². The van der Waals surface area contributed by atoms with Gasteiger partial charge in [0.2, 0.25) is 11.8 Å². The van der Waals surface area contributed by atoms with Crippen LogP contribution in [-0.4, -0.2) is 9.97 Å². The average molecular weight is 241 g/mol. The minimum absolute atomic E-state index is 0.0408. The Bertz CT molecular complexity index is 613. The molecule has 6 nitrogen and oxygen atoms in total. The number of ether oxygens (including phenoxy) is 1. The highest BCUT2D eigenvalue weighted by molar-refractivity contribution is 5.45. The third kappa shape index (κ3) is 2.47. The van der Waals surface area contributed by atoms with E-state index < -0.39 is 0 Å². The molecule has 1 aromatic heterocycles. The maximum Gasteiger partial charge on any atom is 0.226 e. The summed E-state index contributed by atoms with van der Waals surface area (Å²) >= 11 is 0. The van der Waals surface area contributed by atoms with E-state index in [2.05, 4.69) is 9.97 Å². The Morgan fingerprint density at radius 1 is 1.22 bits per heavy atom. The molecule has 0 atom stereocenters. The predicted molar refractivity (Wildman–Crippen MR) is 66.8 cm³/mol. The molecule has 0 unspecified atom stereocenters. The number of nitriles is 1. The summed E-state index contributed by atoms with van der Waals surface area (Å²) in [6.45, 7) is 1.87. The molecule has 1 aromatic carbocycles. The maximum absolute atomic E-state index is 8.84. The van der Waals surface area contributed by atoms with Crippen molar-refractivity contribution in [1.82, 2.24) is 9.97 Å². The summed E-state index contributed by atoms with van der Waals surface area (Å²) in [5, 5.41) is 8.84. The van der Waals surface area contributed by atoms with Crippen molar-refractivity contribution in [3.8, 4) is 17.7 Å². The van der Waals surface area contributed by atoms with Crippen LogP contribution >= 0.6 is 0 Å². The Labute approximate surface area is 104 Å². The Morgan fingerprint density at radius 3 is 2.67 bits per heavy atom. The highest BCUT2D eigenvalue weighted by atomic mass is 16.5. The molecule has 2 aromatic rings. The smallest absolute Gasteiger partial charge is 0.226 e. The molecule has 0 spiro atoms. The van der Waals surface area contributed by atoms with Gasteiger partial charge in [0.25, 0.3) is 0 Å². The van der Waals surface area contributed by atoms with Gasteiger partial charge in [0.05, 0.1) is 11.6 Å². The van der Waals surface area contributed by atoms with Crippen LogP contribution in [0.3, 0.4) is 0 Å². The monoisotopic (exact) mass is 241 g/mol. The number of anilines is 2. The molecule has 0 radical (unpaired) electrons. The number of aromatic nitrogens is 2. The molecule has 18 heavy (non-hydrogen) atoms. The van der Waals surface area contributed by atoms with Crippen LogP contribution in [0.1, 0.15) is 11.1 Å². The fourth-order valence-electron chi connectivity index (χ4n) is 1.41. The Balaban J connectivity index is 2.36. The summed E-state index contributed by atoms with van der Waals surface area (Å²) in [5.74, 6) is 1.05. The number of aryl methyl sites for hydroxylation is 1. The molecule has 0 bridgehead atoms. The van der Waals surface area contributed by atoms with Gasteiger partial charge in [-0.1, -0.05) is 6.07 Å². The van der Waals surface area contributed by atoms with E-state index in [4.69, 9.17) is 21.5 Å². The van der Waals surface area contributed by atoms with Crippen LogP contribution in [0, 0.1) is 18.3 Å². The fourth-order valence-corrected chi connectivity index (χ4v) is 1.41. The second-order valence-corrected chi connectivity index (χ2v) is 3.68. The molecule has 0 saturated heterocycles. The largest absolute Gasteiger partial charge is 0.438 e. The second-order valence-electron chi connectivity index (χ2n) is 3.68. The normalized spacial score (nSPS) is 9.78. The highest BCUT2D eigenvalue weighted by Gasteiger charge is 2.06. The number of nitrogens with zero attached hydrogens (tertiary/aromatic N) is 3. The molecule has 0 aliphatic rings. The van der Waals surface area contributed by atoms with Gasteiger partial charge in [0.1, 0.15) is 11.6 Å². The minimum atomic E-state index is 0.0408. The quantitative estimate of drug-likeness (QED) is 0.826. The molecular weight excluding hydrogens is 230 g/mol. The van der Waals surface area contributed by atoms with E-state index in [1.54, 1.807) is 18.2 Å². The predicted octanol–water partition coefficient (Wildman–Crippen LogP) is 1.61. The van der Waals surface area contributed by atoms with Crippen LogP contribution in [0.15, 0.2) is 24.3 Å². The van der Waals surface area contributed by atoms with Crippen molar-refractivity contribution in [3.05, 3.63) is 35.4 Å². The zero-order valence-corrected chi connectivity index (χ0v) is 9.71. The third-order valence-corrected chi connectivity index (χ3v) is 2.27. The lowest BCUT2D eigenvalue weighted by Gasteiger charge is -2.08. The fraction of sp³-hybridized carbons (Fsp3) is 0.0833. The summed E-state index contributed by atoms with van der Waals surface area (Å²) < 4.78 is 5.55. The molecule has 0 saturated carbocycles. The van der Waals surface area contributed by atoms with Gasteiger partial charge in [-0.25, -0.2) is 0 Å². The van der Waals surface area contributed by atoms with Gasteiger partial charge in [0.15, 0.2) is 0 Å². The van der Waals surface area contributed by atoms with E-state index in [0.717, 1.165) is 5.56 Å². The lowest BCUT2D eigenvalue weighted by molar-refractivity contribution is 0.459. The molecule has 2 rings (SSSR count). The van der Waals surface area contributed by atoms with Gasteiger partial charge in [-0.2, -0.15) is 15.2 Å². The standard InChI is InChI=1S/C12H11N5O/c1-7-2-3-8(6-13)4-9(7)18-11-5-10(14)16-12(15)17-11/h2-5H,1H3,(H4,14,15,16,17). The molecular formula is C12H11N5O. The van der Waals surface area contributed by atoms with E-state index >= 15 is 0 Å². The number of rotatable bonds is 2. The van der Waals surface area contributed by atoms with Crippen LogP contribution < -0.4 is 16.2 Å². The third-order valence-electron chi connectivity index (χ3n) is 2.27. The first-order valence-corrected chi connectivity index (χ1v) is 5.17. The molecule has 4 N–H and O–H groups in total. The minimum Gasteiger partial charge on any atom is -0.438 e. The SMILES string of the molecule is Cc1ccc(C#N)cc1Oc1cc(N)nc(N)n1. The van der Waals surface area contributed by atoms with Gasteiger partial charge in [-0.05, 0) is 24.6 Å². The number of benzene rings is 1. The van der Waals surface area contributed by atoms with E-state index in [9.17, 15) is 0 Å². The van der Waals surface area contributed by atoms with Crippen molar-refractivity contribution in [2.75, 3.05) is 11.5 Å². The first kappa shape index (κ1) is 11.7. The first-order chi connectivity index (χ1) is 8.58. The van der Waals surface area contributed by atoms with Crippen molar-refractivity contribution in [3.63, 3.8) is 0 Å². The van der Waals surface area contributed by atoms with Crippen LogP contribution in [0.4, 0.5) is 11.8 Å². The first-order valence-electron chi connectivity index (χ1n) is 5.17. The van der Waals surface area contributed by atoms with Crippen molar-refractivity contribution in [1.29, 1.82) is 5.26 Å². The second kappa shape index (κ2) is 4.59. The van der Waals surface area contributed by atoms with E-state index in [1.807, 2.05) is 13.0 Å². The van der Waals surface area contributed by atoms with Gasteiger partial charge in [-0.15, -0.1) is 0 Å². The Hall–Kier alpha value is -2.81. The average Bonchev–Trinajstić information content (AvgIpc) is 2.30. The van der Waals surface area contributed by atoms with Crippen LogP contribution in [0.25, 0.3) is 0 Å². The molecule has 0 aliphatic heterocycles. The Morgan fingerprint density at radius 2 is 2.00 bits per heavy atom. The zero-order chi connectivity index (χ0) is 13.1. The highest BCUT2D eigenvalue weighted by Crippen LogP contribution is 2.25. The topological polar surface area (TPSA) is 111 Å². The molecule has 1 heterocycles. The summed E-state index contributed by atoms with van der Waals surface area (Å²) in [6, 6.07) is 8.64. The van der Waals surface area contributed by atoms with Crippen molar-refractivity contribution < 1.29 is 4.74 Å². The molecule has 0 fully saturated rings. The number of hydrogen-bond acceptors (Lipinski definition) is 6. The van der Waals surface area contributed by atoms with Crippen LogP contribution in [0.5, 0.6) is 11.6 Å². The number of nitrogens with two attached hydrogens (primary N) is 2. The maximum atomic E-state index is 8.84. The molecule has 6 heteroatoms. The zero-order valence-electron chi connectivity index (χ0n) is 9.71. The summed E-state index contributed by atoms with van der Waals surface area (Å²) in [4.78, 5) is 7.65. The summed E-state index contributed by atoms with van der Waals surface area (Å²) in [5.41, 5.74) is 12.4. The molecule has 90 valence electrons. The molecule has 0 amide bonds. The van der Waals surface area contributed by atoms with Gasteiger partial charge in [0, 0.05) is 6.07 Å². The van der Waals surface area contributed by atoms with E-state index in [-0.39, 0.29) is 17.6 Å². The summed E-state index contributed by atoms with van der Waals surface area (Å²) in [6.07, 6.45) is 0. The van der Waals surface area contributed by atoms with Crippen LogP contribution in [-0.2, 0) is 0 Å². The summed E-state index contributed by atoms with van der Waals surface area (Å²) in [7, 11) is 0. The van der Waals surface area contributed by atoms with Gasteiger partial charge < -0.3 is 16.2 Å². The lowest BCUT2D eigenvalue weighted by Crippen LogP contribution is -2.01.